The van der Waals surface area contributed by atoms with E-state index in [1.54, 1.807) is 0 Å². The molecule has 16 heavy (non-hydrogen) atoms. The molecule has 0 bridgehead atoms. The summed E-state index contributed by atoms with van der Waals surface area (Å²) >= 11 is 0. The molecule has 1 saturated heterocycles. The average molecular weight is 219 g/mol. The lowest BCUT2D eigenvalue weighted by atomic mass is 10.0. The van der Waals surface area contributed by atoms with Gasteiger partial charge < -0.3 is 5.73 Å². The van der Waals surface area contributed by atoms with Crippen molar-refractivity contribution in [3.05, 3.63) is 29.6 Å². The molecule has 1 aliphatic heterocycles. The molecule has 88 valence electrons. The molecule has 0 saturated carbocycles. The van der Waals surface area contributed by atoms with E-state index in [1.165, 1.54) is 31.4 Å². The van der Waals surface area contributed by atoms with Gasteiger partial charge in [-0.15, -0.1) is 0 Å². The highest BCUT2D eigenvalue weighted by Gasteiger charge is 2.20. The Bertz CT molecular complexity index is 320. The zero-order valence-corrected chi connectivity index (χ0v) is 10.0. The third kappa shape index (κ3) is 2.80. The van der Waals surface area contributed by atoms with Crippen molar-refractivity contribution in [1.29, 1.82) is 0 Å². The Morgan fingerprint density at radius 2 is 2.31 bits per heavy atom. The minimum absolute atomic E-state index is 0.565. The number of piperidine rings is 1. The van der Waals surface area contributed by atoms with Gasteiger partial charge in [0, 0.05) is 31.0 Å². The third-order valence-corrected chi connectivity index (χ3v) is 3.38. The summed E-state index contributed by atoms with van der Waals surface area (Å²) in [7, 11) is 0. The molecule has 3 heteroatoms. The van der Waals surface area contributed by atoms with Crippen molar-refractivity contribution in [1.82, 2.24) is 9.88 Å². The fourth-order valence-electron chi connectivity index (χ4n) is 2.36. The minimum atomic E-state index is 0.565. The first-order chi connectivity index (χ1) is 7.79. The number of likely N-dealkylation sites (tertiary alicyclic amines) is 1. The topological polar surface area (TPSA) is 42.1 Å². The highest BCUT2D eigenvalue weighted by molar-refractivity contribution is 5.13. The van der Waals surface area contributed by atoms with Crippen molar-refractivity contribution >= 4 is 0 Å². The van der Waals surface area contributed by atoms with E-state index in [4.69, 9.17) is 5.73 Å². The average Bonchev–Trinajstić information content (AvgIpc) is 2.33. The molecular formula is C13H21N3. The van der Waals surface area contributed by atoms with Crippen LogP contribution in [0.1, 0.15) is 30.5 Å². The number of aromatic nitrogens is 1. The van der Waals surface area contributed by atoms with Crippen molar-refractivity contribution in [3.63, 3.8) is 0 Å². The van der Waals surface area contributed by atoms with Gasteiger partial charge in [0.25, 0.3) is 0 Å². The van der Waals surface area contributed by atoms with Crippen LogP contribution < -0.4 is 5.73 Å². The molecule has 1 aromatic rings. The molecule has 1 atom stereocenters. The van der Waals surface area contributed by atoms with Crippen molar-refractivity contribution in [2.24, 2.45) is 5.73 Å². The van der Waals surface area contributed by atoms with Gasteiger partial charge in [0.15, 0.2) is 0 Å². The maximum atomic E-state index is 5.81. The predicted molar refractivity (Wildman–Crippen MR) is 66.1 cm³/mol. The lowest BCUT2D eigenvalue weighted by molar-refractivity contribution is 0.144. The predicted octanol–water partition coefficient (Wildman–Crippen LogP) is 1.70. The second kappa shape index (κ2) is 5.41. The monoisotopic (exact) mass is 219 g/mol. The highest BCUT2D eigenvalue weighted by atomic mass is 15.2. The SMILES string of the molecule is Cc1ccc(CN2CCCCC2CN)cn1. The number of hydrogen-bond donors (Lipinski definition) is 1. The van der Waals surface area contributed by atoms with Crippen LogP contribution in [0.2, 0.25) is 0 Å². The van der Waals surface area contributed by atoms with Gasteiger partial charge in [0.1, 0.15) is 0 Å². The van der Waals surface area contributed by atoms with Crippen molar-refractivity contribution < 1.29 is 0 Å². The zero-order valence-electron chi connectivity index (χ0n) is 10.0. The van der Waals surface area contributed by atoms with Crippen molar-refractivity contribution in [3.8, 4) is 0 Å². The molecule has 1 unspecified atom stereocenters. The summed E-state index contributed by atoms with van der Waals surface area (Å²) in [5.41, 5.74) is 8.19. The molecule has 0 amide bonds. The zero-order chi connectivity index (χ0) is 11.4. The number of hydrogen-bond acceptors (Lipinski definition) is 3. The molecule has 0 spiro atoms. The summed E-state index contributed by atoms with van der Waals surface area (Å²) in [5.74, 6) is 0. The Labute approximate surface area is 97.7 Å². The largest absolute Gasteiger partial charge is 0.329 e. The first-order valence-electron chi connectivity index (χ1n) is 6.15. The van der Waals surface area contributed by atoms with E-state index in [0.29, 0.717) is 6.04 Å². The fraction of sp³-hybridized carbons (Fsp3) is 0.615. The van der Waals surface area contributed by atoms with Gasteiger partial charge in [0.2, 0.25) is 0 Å². The van der Waals surface area contributed by atoms with Gasteiger partial charge in [-0.25, -0.2) is 0 Å². The minimum Gasteiger partial charge on any atom is -0.329 e. The van der Waals surface area contributed by atoms with E-state index >= 15 is 0 Å². The van der Waals surface area contributed by atoms with Crippen molar-refractivity contribution in [2.75, 3.05) is 13.1 Å². The standard InChI is InChI=1S/C13H21N3/c1-11-5-6-12(9-15-11)10-16-7-3-2-4-13(16)8-14/h5-6,9,13H,2-4,7-8,10,14H2,1H3. The first-order valence-corrected chi connectivity index (χ1v) is 6.15. The molecule has 0 radical (unpaired) electrons. The first kappa shape index (κ1) is 11.6. The van der Waals surface area contributed by atoms with Gasteiger partial charge in [0.05, 0.1) is 0 Å². The van der Waals surface area contributed by atoms with E-state index in [-0.39, 0.29) is 0 Å². The van der Waals surface area contributed by atoms with E-state index in [2.05, 4.69) is 22.0 Å². The number of nitrogens with zero attached hydrogens (tertiary/aromatic N) is 2. The van der Waals surface area contributed by atoms with Crippen LogP contribution in [0.3, 0.4) is 0 Å². The highest BCUT2D eigenvalue weighted by Crippen LogP contribution is 2.18. The summed E-state index contributed by atoms with van der Waals surface area (Å²) in [6, 6.07) is 4.82. The Morgan fingerprint density at radius 1 is 1.44 bits per heavy atom. The van der Waals surface area contributed by atoms with Crippen LogP contribution in [0, 0.1) is 6.92 Å². The molecule has 1 aromatic heterocycles. The van der Waals surface area contributed by atoms with Crippen LogP contribution in [0.15, 0.2) is 18.3 Å². The summed E-state index contributed by atoms with van der Waals surface area (Å²) in [6.07, 6.45) is 5.85. The Balaban J connectivity index is 1.99. The Kier molecular flexibility index (Phi) is 3.91. The van der Waals surface area contributed by atoms with E-state index in [1.807, 2.05) is 13.1 Å². The normalized spacial score (nSPS) is 22.2. The van der Waals surface area contributed by atoms with Gasteiger partial charge in [-0.2, -0.15) is 0 Å². The van der Waals surface area contributed by atoms with E-state index in [0.717, 1.165) is 18.8 Å². The van der Waals surface area contributed by atoms with Gasteiger partial charge in [-0.1, -0.05) is 12.5 Å². The number of nitrogens with two attached hydrogens (primary N) is 1. The maximum absolute atomic E-state index is 5.81. The van der Waals surface area contributed by atoms with E-state index < -0.39 is 0 Å². The van der Waals surface area contributed by atoms with Gasteiger partial charge in [-0.3, -0.25) is 9.88 Å². The summed E-state index contributed by atoms with van der Waals surface area (Å²) < 4.78 is 0. The quantitative estimate of drug-likeness (QED) is 0.841. The molecule has 2 heterocycles. The van der Waals surface area contributed by atoms with Crippen LogP contribution in [0.25, 0.3) is 0 Å². The molecule has 2 rings (SSSR count). The van der Waals surface area contributed by atoms with Crippen LogP contribution in [0.4, 0.5) is 0 Å². The van der Waals surface area contributed by atoms with Gasteiger partial charge in [-0.05, 0) is 37.9 Å². The van der Waals surface area contributed by atoms with E-state index in [9.17, 15) is 0 Å². The molecule has 3 nitrogen and oxygen atoms in total. The second-order valence-corrected chi connectivity index (χ2v) is 4.66. The molecule has 2 N–H and O–H groups in total. The molecular weight excluding hydrogens is 198 g/mol. The maximum Gasteiger partial charge on any atom is 0.0372 e. The number of pyridine rings is 1. The second-order valence-electron chi connectivity index (χ2n) is 4.66. The fourth-order valence-corrected chi connectivity index (χ4v) is 2.36. The lowest BCUT2D eigenvalue weighted by Gasteiger charge is -2.34. The van der Waals surface area contributed by atoms with Crippen LogP contribution in [-0.2, 0) is 6.54 Å². The Morgan fingerprint density at radius 3 is 3.00 bits per heavy atom. The van der Waals surface area contributed by atoms with Gasteiger partial charge >= 0.3 is 0 Å². The smallest absolute Gasteiger partial charge is 0.0372 e. The summed E-state index contributed by atoms with van der Waals surface area (Å²) in [5, 5.41) is 0. The van der Waals surface area contributed by atoms with Crippen LogP contribution >= 0.6 is 0 Å². The molecule has 0 aliphatic carbocycles. The lowest BCUT2D eigenvalue weighted by Crippen LogP contribution is -2.43. The summed E-state index contributed by atoms with van der Waals surface area (Å²) in [6.45, 7) is 4.97. The summed E-state index contributed by atoms with van der Waals surface area (Å²) in [4.78, 5) is 6.83. The molecule has 1 aliphatic rings. The number of aryl methyl sites for hydroxylation is 1. The third-order valence-electron chi connectivity index (χ3n) is 3.38. The van der Waals surface area contributed by atoms with Crippen LogP contribution in [-0.4, -0.2) is 29.0 Å². The number of rotatable bonds is 3. The van der Waals surface area contributed by atoms with Crippen LogP contribution in [0.5, 0.6) is 0 Å². The van der Waals surface area contributed by atoms with Crippen molar-refractivity contribution in [2.45, 2.75) is 38.8 Å². The molecule has 1 fully saturated rings. The molecule has 0 aromatic carbocycles. The Hall–Kier alpha value is -0.930.